The molecule has 0 aliphatic rings. The summed E-state index contributed by atoms with van der Waals surface area (Å²) >= 11 is 6.01. The van der Waals surface area contributed by atoms with Gasteiger partial charge in [0.2, 0.25) is 0 Å². The molecule has 0 aliphatic heterocycles. The summed E-state index contributed by atoms with van der Waals surface area (Å²) in [5.41, 5.74) is 4.16. The molecule has 0 heterocycles. The molecular formula is C26H25ClN2O6. The number of phenols is 1. The van der Waals surface area contributed by atoms with Gasteiger partial charge in [-0.3, -0.25) is 0 Å². The van der Waals surface area contributed by atoms with Crippen molar-refractivity contribution in [1.29, 1.82) is 0 Å². The van der Waals surface area contributed by atoms with Crippen molar-refractivity contribution >= 4 is 46.5 Å². The molecule has 0 aliphatic carbocycles. The summed E-state index contributed by atoms with van der Waals surface area (Å²) in [6, 6.07) is 16.1. The fraction of sp³-hybridized carbons (Fsp3) is 0.115. The largest absolute Gasteiger partial charge is 0.507 e. The van der Waals surface area contributed by atoms with Gasteiger partial charge in [0.15, 0.2) is 0 Å². The number of anilines is 2. The van der Waals surface area contributed by atoms with Gasteiger partial charge in [-0.2, -0.15) is 0 Å². The van der Waals surface area contributed by atoms with Gasteiger partial charge in [-0.15, -0.1) is 0 Å². The summed E-state index contributed by atoms with van der Waals surface area (Å²) in [6.07, 6.45) is 1.22. The molecule has 182 valence electrons. The number of aryl methyl sites for hydroxylation is 2. The fourth-order valence-electron chi connectivity index (χ4n) is 3.13. The van der Waals surface area contributed by atoms with Crippen LogP contribution in [0.25, 0.3) is 5.57 Å². The van der Waals surface area contributed by atoms with Crippen molar-refractivity contribution in [2.45, 2.75) is 20.8 Å². The molecule has 0 unspecified atom stereocenters. The number of nitrogens with one attached hydrogen (secondary N) is 2. The minimum Gasteiger partial charge on any atom is -0.507 e. The lowest BCUT2D eigenvalue weighted by Gasteiger charge is -2.12. The first-order valence-electron chi connectivity index (χ1n) is 10.4. The van der Waals surface area contributed by atoms with E-state index in [9.17, 15) is 19.5 Å². The van der Waals surface area contributed by atoms with E-state index in [2.05, 4.69) is 10.6 Å². The molecule has 0 radical (unpaired) electrons. The molecule has 0 atom stereocenters. The SMILES string of the molecule is CC(=CC(=O)O)c1ccccc1C.Cc1cccc(Cl)c1NC(=O)Nc1ccc(C(=O)O)c(O)c1. The molecule has 2 amide bonds. The second-order valence-electron chi connectivity index (χ2n) is 7.53. The Morgan fingerprint density at radius 3 is 2.09 bits per heavy atom. The molecule has 3 rings (SSSR count). The van der Waals surface area contributed by atoms with Crippen molar-refractivity contribution in [2.24, 2.45) is 0 Å². The van der Waals surface area contributed by atoms with Gasteiger partial charge in [0.25, 0.3) is 0 Å². The van der Waals surface area contributed by atoms with Crippen LogP contribution in [-0.2, 0) is 4.79 Å². The number of halogens is 1. The van der Waals surface area contributed by atoms with Crippen molar-refractivity contribution in [3.8, 4) is 5.75 Å². The van der Waals surface area contributed by atoms with E-state index in [1.807, 2.05) is 31.2 Å². The Morgan fingerprint density at radius 1 is 0.857 bits per heavy atom. The van der Waals surface area contributed by atoms with Crippen LogP contribution >= 0.6 is 11.6 Å². The lowest BCUT2D eigenvalue weighted by molar-refractivity contribution is -0.131. The zero-order valence-electron chi connectivity index (χ0n) is 19.3. The maximum Gasteiger partial charge on any atom is 0.339 e. The lowest BCUT2D eigenvalue weighted by Crippen LogP contribution is -2.20. The van der Waals surface area contributed by atoms with Crippen molar-refractivity contribution in [2.75, 3.05) is 10.6 Å². The Balaban J connectivity index is 0.000000283. The number of carboxylic acids is 2. The predicted molar refractivity (Wildman–Crippen MR) is 136 cm³/mol. The maximum atomic E-state index is 11.9. The molecule has 0 saturated carbocycles. The molecular weight excluding hydrogens is 472 g/mol. The number of hydrogen-bond donors (Lipinski definition) is 5. The zero-order valence-corrected chi connectivity index (χ0v) is 20.1. The number of para-hydroxylation sites is 1. The van der Waals surface area contributed by atoms with Crippen LogP contribution in [0.3, 0.4) is 0 Å². The van der Waals surface area contributed by atoms with Gasteiger partial charge >= 0.3 is 18.0 Å². The number of hydrogen-bond acceptors (Lipinski definition) is 4. The molecule has 3 aromatic carbocycles. The molecule has 35 heavy (non-hydrogen) atoms. The average Bonchev–Trinajstić information content (AvgIpc) is 2.76. The molecule has 9 heteroatoms. The van der Waals surface area contributed by atoms with Crippen LogP contribution < -0.4 is 10.6 Å². The third-order valence-electron chi connectivity index (χ3n) is 4.86. The molecule has 5 N–H and O–H groups in total. The van der Waals surface area contributed by atoms with E-state index in [1.54, 1.807) is 32.0 Å². The summed E-state index contributed by atoms with van der Waals surface area (Å²) < 4.78 is 0. The molecule has 3 aromatic rings. The first-order valence-corrected chi connectivity index (χ1v) is 10.7. The second kappa shape index (κ2) is 12.2. The third-order valence-corrected chi connectivity index (χ3v) is 5.17. The summed E-state index contributed by atoms with van der Waals surface area (Å²) in [6.45, 7) is 5.57. The van der Waals surface area contributed by atoms with Gasteiger partial charge in [0.05, 0.1) is 10.7 Å². The minimum absolute atomic E-state index is 0.243. The van der Waals surface area contributed by atoms with Crippen LogP contribution in [0.2, 0.25) is 5.02 Å². The van der Waals surface area contributed by atoms with Crippen LogP contribution in [0, 0.1) is 13.8 Å². The van der Waals surface area contributed by atoms with Crippen LogP contribution in [0.5, 0.6) is 5.75 Å². The third kappa shape index (κ3) is 7.90. The minimum atomic E-state index is -1.25. The van der Waals surface area contributed by atoms with Gasteiger partial charge < -0.3 is 26.0 Å². The lowest BCUT2D eigenvalue weighted by atomic mass is 10.0. The van der Waals surface area contributed by atoms with E-state index < -0.39 is 23.7 Å². The quantitative estimate of drug-likeness (QED) is 0.267. The van der Waals surface area contributed by atoms with Crippen molar-refractivity contribution in [3.63, 3.8) is 0 Å². The highest BCUT2D eigenvalue weighted by atomic mass is 35.5. The Morgan fingerprint density at radius 2 is 1.51 bits per heavy atom. The van der Waals surface area contributed by atoms with Gasteiger partial charge in [-0.05, 0) is 61.2 Å². The summed E-state index contributed by atoms with van der Waals surface area (Å²) in [4.78, 5) is 33.2. The topological polar surface area (TPSA) is 136 Å². The van der Waals surface area contributed by atoms with Crippen LogP contribution in [0.1, 0.15) is 34.0 Å². The number of urea groups is 1. The van der Waals surface area contributed by atoms with Crippen LogP contribution in [0.15, 0.2) is 66.7 Å². The first kappa shape index (κ1) is 26.9. The van der Waals surface area contributed by atoms with E-state index in [1.165, 1.54) is 18.2 Å². The average molecular weight is 497 g/mol. The zero-order chi connectivity index (χ0) is 26.1. The number of carbonyl (C=O) groups is 3. The molecule has 0 bridgehead atoms. The van der Waals surface area contributed by atoms with Crippen molar-refractivity contribution in [1.82, 2.24) is 0 Å². The van der Waals surface area contributed by atoms with E-state index in [0.29, 0.717) is 10.7 Å². The number of rotatable bonds is 5. The number of aromatic hydroxyl groups is 1. The summed E-state index contributed by atoms with van der Waals surface area (Å²) in [5, 5.41) is 32.5. The summed E-state index contributed by atoms with van der Waals surface area (Å²) in [7, 11) is 0. The van der Waals surface area contributed by atoms with E-state index in [4.69, 9.17) is 21.8 Å². The highest BCUT2D eigenvalue weighted by Crippen LogP contribution is 2.26. The molecule has 0 aromatic heterocycles. The monoisotopic (exact) mass is 496 g/mol. The van der Waals surface area contributed by atoms with E-state index in [-0.39, 0.29) is 11.3 Å². The van der Waals surface area contributed by atoms with Crippen molar-refractivity contribution < 1.29 is 29.7 Å². The highest BCUT2D eigenvalue weighted by Gasteiger charge is 2.12. The van der Waals surface area contributed by atoms with Crippen LogP contribution in [-0.4, -0.2) is 33.3 Å². The number of aromatic carboxylic acids is 1. The number of amides is 2. The number of aliphatic carboxylic acids is 1. The summed E-state index contributed by atoms with van der Waals surface area (Å²) in [5.74, 6) is -2.58. The Hall–Kier alpha value is -4.30. The number of benzene rings is 3. The predicted octanol–water partition coefficient (Wildman–Crippen LogP) is 6.18. The normalized spacial score (nSPS) is 10.6. The Bertz CT molecular complexity index is 1270. The van der Waals surface area contributed by atoms with Crippen molar-refractivity contribution in [3.05, 3.63) is 94.0 Å². The Kier molecular flexibility index (Phi) is 9.43. The molecule has 0 fully saturated rings. The standard InChI is InChI=1S/C15H13ClN2O4.C11H12O2/c1-8-3-2-4-11(16)13(8)18-15(22)17-9-5-6-10(14(20)21)12(19)7-9;1-8-5-3-4-6-10(8)9(2)7-11(12)13/h2-7,19H,1H3,(H,20,21)(H2,17,18,22);3-7H,1-2H3,(H,12,13). The van der Waals surface area contributed by atoms with Gasteiger partial charge in [0.1, 0.15) is 11.3 Å². The first-order chi connectivity index (χ1) is 16.5. The second-order valence-corrected chi connectivity index (χ2v) is 7.94. The van der Waals surface area contributed by atoms with Gasteiger partial charge in [-0.25, -0.2) is 14.4 Å². The number of allylic oxidation sites excluding steroid dienone is 1. The molecule has 0 spiro atoms. The van der Waals surface area contributed by atoms with E-state index >= 15 is 0 Å². The highest BCUT2D eigenvalue weighted by molar-refractivity contribution is 6.34. The Labute approximate surface area is 207 Å². The van der Waals surface area contributed by atoms with Gasteiger partial charge in [-0.1, -0.05) is 48.0 Å². The number of carboxylic acid groups (broad SMARTS) is 2. The smallest absolute Gasteiger partial charge is 0.339 e. The van der Waals surface area contributed by atoms with Crippen LogP contribution in [0.4, 0.5) is 16.2 Å². The maximum absolute atomic E-state index is 11.9. The number of carbonyl (C=O) groups excluding carboxylic acids is 1. The molecule has 8 nitrogen and oxygen atoms in total. The van der Waals surface area contributed by atoms with E-state index in [0.717, 1.165) is 28.3 Å². The fourth-order valence-corrected chi connectivity index (χ4v) is 3.40. The molecule has 0 saturated heterocycles. The van der Waals surface area contributed by atoms with Gasteiger partial charge in [0, 0.05) is 17.8 Å².